The average Bonchev–Trinajstić information content (AvgIpc) is 3.17. The highest BCUT2D eigenvalue weighted by Crippen LogP contribution is 2.41. The molecule has 5 rings (SSSR count). The number of hydrogen-bond donors (Lipinski definition) is 0. The van der Waals surface area contributed by atoms with Crippen LogP contribution in [0.25, 0.3) is 5.65 Å². The van der Waals surface area contributed by atoms with Crippen LogP contribution in [0.2, 0.25) is 0 Å². The highest BCUT2D eigenvalue weighted by Gasteiger charge is 2.33. The molecule has 0 N–H and O–H groups in total. The second-order valence-electron chi connectivity index (χ2n) is 9.99. The van der Waals surface area contributed by atoms with Gasteiger partial charge in [0.15, 0.2) is 11.3 Å². The Morgan fingerprint density at radius 1 is 1.18 bits per heavy atom. The van der Waals surface area contributed by atoms with Crippen LogP contribution in [0.5, 0.6) is 0 Å². The van der Waals surface area contributed by atoms with E-state index in [1.807, 2.05) is 10.7 Å². The quantitative estimate of drug-likeness (QED) is 0.503. The fraction of sp³-hybridized carbons (Fsp3) is 0.565. The predicted octanol–water partition coefficient (Wildman–Crippen LogP) is 2.20. The molecule has 1 saturated carbocycles. The molecule has 1 unspecified atom stereocenters. The Morgan fingerprint density at radius 2 is 1.97 bits per heavy atom. The summed E-state index contributed by atoms with van der Waals surface area (Å²) in [6.07, 6.45) is 6.46. The SMILES string of the molecule is COC(=O)C1CCN(c2cc(C3CC3)nn3cc(Cn4cc(C(=O)OC(C)(C)C)nn4)nc23)C1. The molecular formula is C23H29N7O4. The molecule has 2 fully saturated rings. The van der Waals surface area contributed by atoms with Gasteiger partial charge >= 0.3 is 11.9 Å². The second kappa shape index (κ2) is 8.37. The van der Waals surface area contributed by atoms with Crippen LogP contribution < -0.4 is 4.90 Å². The predicted molar refractivity (Wildman–Crippen MR) is 122 cm³/mol. The van der Waals surface area contributed by atoms with Gasteiger partial charge < -0.3 is 14.4 Å². The van der Waals surface area contributed by atoms with Gasteiger partial charge in [0.1, 0.15) is 5.60 Å². The molecule has 34 heavy (non-hydrogen) atoms. The zero-order valence-electron chi connectivity index (χ0n) is 19.9. The number of aromatic nitrogens is 6. The number of imidazole rings is 1. The van der Waals surface area contributed by atoms with Crippen LogP contribution in [0.1, 0.15) is 67.8 Å². The summed E-state index contributed by atoms with van der Waals surface area (Å²) in [5.74, 6) is -0.356. The Hall–Kier alpha value is -3.50. The molecule has 11 nitrogen and oxygen atoms in total. The number of methoxy groups -OCH3 is 1. The summed E-state index contributed by atoms with van der Waals surface area (Å²) in [7, 11) is 1.43. The highest BCUT2D eigenvalue weighted by atomic mass is 16.6. The molecule has 2 aliphatic rings. The van der Waals surface area contributed by atoms with Crippen LogP contribution in [0.3, 0.4) is 0 Å². The van der Waals surface area contributed by atoms with Crippen molar-refractivity contribution in [2.24, 2.45) is 5.92 Å². The number of nitrogens with zero attached hydrogens (tertiary/aromatic N) is 7. The van der Waals surface area contributed by atoms with Gasteiger partial charge in [0, 0.05) is 19.0 Å². The third-order valence-corrected chi connectivity index (χ3v) is 6.00. The summed E-state index contributed by atoms with van der Waals surface area (Å²) >= 11 is 0. The number of carbonyl (C=O) groups excluding carboxylic acids is 2. The highest BCUT2D eigenvalue weighted by molar-refractivity contribution is 5.87. The minimum atomic E-state index is -0.605. The van der Waals surface area contributed by atoms with Gasteiger partial charge in [0.2, 0.25) is 0 Å². The fourth-order valence-corrected chi connectivity index (χ4v) is 4.22. The van der Waals surface area contributed by atoms with E-state index in [2.05, 4.69) is 21.3 Å². The van der Waals surface area contributed by atoms with Crippen molar-refractivity contribution < 1.29 is 19.1 Å². The number of esters is 2. The molecule has 4 heterocycles. The molecule has 1 aliphatic carbocycles. The van der Waals surface area contributed by atoms with Crippen LogP contribution >= 0.6 is 0 Å². The molecule has 0 aromatic carbocycles. The normalized spacial score (nSPS) is 18.5. The van der Waals surface area contributed by atoms with Crippen molar-refractivity contribution in [1.29, 1.82) is 0 Å². The van der Waals surface area contributed by atoms with Crippen LogP contribution in [-0.2, 0) is 20.8 Å². The van der Waals surface area contributed by atoms with Crippen LogP contribution in [-0.4, -0.2) is 67.3 Å². The minimum absolute atomic E-state index is 0.140. The molecular weight excluding hydrogens is 438 g/mol. The van der Waals surface area contributed by atoms with E-state index >= 15 is 0 Å². The van der Waals surface area contributed by atoms with Crippen molar-refractivity contribution in [1.82, 2.24) is 29.6 Å². The zero-order chi connectivity index (χ0) is 24.0. The van der Waals surface area contributed by atoms with Crippen LogP contribution in [0.4, 0.5) is 5.69 Å². The maximum Gasteiger partial charge on any atom is 0.361 e. The van der Waals surface area contributed by atoms with Crippen LogP contribution in [0, 0.1) is 5.92 Å². The first kappa shape index (κ1) is 22.3. The number of rotatable bonds is 6. The molecule has 11 heteroatoms. The molecule has 1 atom stereocenters. The van der Waals surface area contributed by atoms with E-state index in [-0.39, 0.29) is 17.6 Å². The van der Waals surface area contributed by atoms with Crippen LogP contribution in [0.15, 0.2) is 18.5 Å². The smallest absolute Gasteiger partial charge is 0.361 e. The Kier molecular flexibility index (Phi) is 5.49. The van der Waals surface area contributed by atoms with E-state index in [0.29, 0.717) is 19.0 Å². The van der Waals surface area contributed by atoms with Crippen molar-refractivity contribution in [2.45, 2.75) is 58.1 Å². The summed E-state index contributed by atoms with van der Waals surface area (Å²) in [5, 5.41) is 12.8. The Labute approximate surface area is 197 Å². The van der Waals surface area contributed by atoms with Gasteiger partial charge in [-0.15, -0.1) is 5.10 Å². The molecule has 3 aromatic heterocycles. The van der Waals surface area contributed by atoms with E-state index < -0.39 is 11.6 Å². The average molecular weight is 468 g/mol. The topological polar surface area (TPSA) is 117 Å². The van der Waals surface area contributed by atoms with Gasteiger partial charge in [-0.25, -0.2) is 19.0 Å². The number of anilines is 1. The third kappa shape index (κ3) is 4.59. The monoisotopic (exact) mass is 467 g/mol. The fourth-order valence-electron chi connectivity index (χ4n) is 4.22. The van der Waals surface area contributed by atoms with Gasteiger partial charge in [-0.3, -0.25) is 4.79 Å². The number of ether oxygens (including phenoxy) is 2. The first-order valence-electron chi connectivity index (χ1n) is 11.6. The molecule has 1 saturated heterocycles. The minimum Gasteiger partial charge on any atom is -0.469 e. The first-order chi connectivity index (χ1) is 16.2. The standard InChI is InChI=1S/C23H29N7O4/c1-23(2,3)34-22(32)18-13-29(27-25-18)11-16-12-30-20(24-16)19(9-17(26-30)14-5-6-14)28-8-7-15(10-28)21(31)33-4/h9,12-15H,5-8,10-11H2,1-4H3. The molecule has 0 radical (unpaired) electrons. The Morgan fingerprint density at radius 3 is 2.68 bits per heavy atom. The van der Waals surface area contributed by atoms with Gasteiger partial charge in [-0.05, 0) is 46.1 Å². The number of fused-ring (bicyclic) bond motifs is 1. The van der Waals surface area contributed by atoms with E-state index in [0.717, 1.165) is 48.5 Å². The molecule has 3 aromatic rings. The zero-order valence-corrected chi connectivity index (χ0v) is 19.9. The third-order valence-electron chi connectivity index (χ3n) is 6.00. The van der Waals surface area contributed by atoms with E-state index in [9.17, 15) is 9.59 Å². The lowest BCUT2D eigenvalue weighted by Crippen LogP contribution is -2.24. The van der Waals surface area contributed by atoms with E-state index in [1.165, 1.54) is 7.11 Å². The maximum atomic E-state index is 12.3. The summed E-state index contributed by atoms with van der Waals surface area (Å²) in [6, 6.07) is 2.11. The second-order valence-corrected chi connectivity index (χ2v) is 9.99. The lowest BCUT2D eigenvalue weighted by Gasteiger charge is -2.19. The summed E-state index contributed by atoms with van der Waals surface area (Å²) < 4.78 is 13.7. The van der Waals surface area contributed by atoms with Gasteiger partial charge in [-0.1, -0.05) is 5.21 Å². The maximum absolute atomic E-state index is 12.3. The summed E-state index contributed by atoms with van der Waals surface area (Å²) in [5.41, 5.74) is 3.04. The first-order valence-corrected chi connectivity index (χ1v) is 11.6. The van der Waals surface area contributed by atoms with Crippen molar-refractivity contribution >= 4 is 23.3 Å². The number of carbonyl (C=O) groups is 2. The Balaban J connectivity index is 1.40. The van der Waals surface area contributed by atoms with Gasteiger partial charge in [0.25, 0.3) is 0 Å². The number of hydrogen-bond acceptors (Lipinski definition) is 9. The molecule has 0 bridgehead atoms. The molecule has 180 valence electrons. The van der Waals surface area contributed by atoms with Crippen molar-refractivity contribution in [3.05, 3.63) is 35.5 Å². The van der Waals surface area contributed by atoms with E-state index in [1.54, 1.807) is 31.6 Å². The molecule has 1 aliphatic heterocycles. The van der Waals surface area contributed by atoms with E-state index in [4.69, 9.17) is 19.6 Å². The van der Waals surface area contributed by atoms with Gasteiger partial charge in [0.05, 0.1) is 49.0 Å². The Bertz CT molecular complexity index is 1240. The largest absolute Gasteiger partial charge is 0.469 e. The lowest BCUT2D eigenvalue weighted by atomic mass is 10.1. The lowest BCUT2D eigenvalue weighted by molar-refractivity contribution is -0.144. The van der Waals surface area contributed by atoms with Crippen molar-refractivity contribution in [3.63, 3.8) is 0 Å². The molecule has 0 spiro atoms. The van der Waals surface area contributed by atoms with Crippen molar-refractivity contribution in [2.75, 3.05) is 25.1 Å². The summed E-state index contributed by atoms with van der Waals surface area (Å²) in [4.78, 5) is 31.3. The van der Waals surface area contributed by atoms with Crippen molar-refractivity contribution in [3.8, 4) is 0 Å². The summed E-state index contributed by atoms with van der Waals surface area (Å²) in [6.45, 7) is 7.11. The molecule has 0 amide bonds. The van der Waals surface area contributed by atoms with Gasteiger partial charge in [-0.2, -0.15) is 5.10 Å².